The Labute approximate surface area is 87.2 Å². The fourth-order valence-corrected chi connectivity index (χ4v) is 1.36. The zero-order valence-electron chi connectivity index (χ0n) is 7.65. The topological polar surface area (TPSA) is 44.2 Å². The predicted molar refractivity (Wildman–Crippen MR) is 51.1 cm³/mol. The first-order valence-corrected chi connectivity index (χ1v) is 4.88. The minimum Gasteiger partial charge on any atom is -0.379 e. The standard InChI is InChI=1S/C9H11ClN2O2/c10-9-4-11-7(3-12-9)5-14-8-1-2-13-6-8/h3-4,8H,1-2,5-6H2. The van der Waals surface area contributed by atoms with E-state index in [9.17, 15) is 0 Å². The molecule has 1 aliphatic heterocycles. The summed E-state index contributed by atoms with van der Waals surface area (Å²) in [6, 6.07) is 0. The second-order valence-electron chi connectivity index (χ2n) is 3.13. The summed E-state index contributed by atoms with van der Waals surface area (Å²) in [5.74, 6) is 0. The van der Waals surface area contributed by atoms with Crippen LogP contribution in [0.15, 0.2) is 12.4 Å². The highest BCUT2D eigenvalue weighted by atomic mass is 35.5. The van der Waals surface area contributed by atoms with Crippen molar-refractivity contribution in [1.82, 2.24) is 9.97 Å². The molecule has 1 aromatic rings. The summed E-state index contributed by atoms with van der Waals surface area (Å²) in [6.45, 7) is 1.94. The Morgan fingerprint density at radius 3 is 3.07 bits per heavy atom. The number of hydrogen-bond donors (Lipinski definition) is 0. The van der Waals surface area contributed by atoms with Gasteiger partial charge in [-0.2, -0.15) is 0 Å². The molecule has 0 bridgehead atoms. The minimum atomic E-state index is 0.201. The van der Waals surface area contributed by atoms with E-state index in [0.717, 1.165) is 18.7 Å². The molecule has 1 atom stereocenters. The molecule has 4 nitrogen and oxygen atoms in total. The second kappa shape index (κ2) is 4.68. The molecule has 0 aromatic carbocycles. The van der Waals surface area contributed by atoms with E-state index in [1.165, 1.54) is 6.20 Å². The Bertz CT molecular complexity index is 285. The Morgan fingerprint density at radius 2 is 2.43 bits per heavy atom. The van der Waals surface area contributed by atoms with Gasteiger partial charge in [0.1, 0.15) is 5.15 Å². The van der Waals surface area contributed by atoms with Crippen LogP contribution in [-0.4, -0.2) is 29.3 Å². The highest BCUT2D eigenvalue weighted by Crippen LogP contribution is 2.10. The van der Waals surface area contributed by atoms with Crippen LogP contribution in [-0.2, 0) is 16.1 Å². The number of nitrogens with zero attached hydrogens (tertiary/aromatic N) is 2. The van der Waals surface area contributed by atoms with Crippen molar-refractivity contribution in [3.8, 4) is 0 Å². The average molecular weight is 215 g/mol. The summed E-state index contributed by atoms with van der Waals surface area (Å²) in [4.78, 5) is 8.00. The summed E-state index contributed by atoms with van der Waals surface area (Å²) in [6.07, 6.45) is 4.30. The Kier molecular flexibility index (Phi) is 3.29. The van der Waals surface area contributed by atoms with Crippen LogP contribution >= 0.6 is 11.6 Å². The van der Waals surface area contributed by atoms with Crippen LogP contribution < -0.4 is 0 Å². The smallest absolute Gasteiger partial charge is 0.147 e. The van der Waals surface area contributed by atoms with Crippen LogP contribution in [0.4, 0.5) is 0 Å². The molecule has 1 aromatic heterocycles. The molecule has 0 spiro atoms. The van der Waals surface area contributed by atoms with Crippen molar-refractivity contribution in [1.29, 1.82) is 0 Å². The molecule has 1 fully saturated rings. The lowest BCUT2D eigenvalue weighted by molar-refractivity contribution is 0.0300. The molecular weight excluding hydrogens is 204 g/mol. The molecule has 5 heteroatoms. The predicted octanol–water partition coefficient (Wildman–Crippen LogP) is 1.44. The lowest BCUT2D eigenvalue weighted by Crippen LogP contribution is -2.12. The summed E-state index contributed by atoms with van der Waals surface area (Å²) in [7, 11) is 0. The van der Waals surface area contributed by atoms with E-state index in [4.69, 9.17) is 21.1 Å². The second-order valence-corrected chi connectivity index (χ2v) is 3.51. The van der Waals surface area contributed by atoms with Gasteiger partial charge in [-0.1, -0.05) is 11.6 Å². The van der Waals surface area contributed by atoms with Crippen molar-refractivity contribution >= 4 is 11.6 Å². The van der Waals surface area contributed by atoms with E-state index in [2.05, 4.69) is 9.97 Å². The van der Waals surface area contributed by atoms with Gasteiger partial charge < -0.3 is 9.47 Å². The van der Waals surface area contributed by atoms with E-state index in [1.807, 2.05) is 0 Å². The molecule has 76 valence electrons. The summed E-state index contributed by atoms with van der Waals surface area (Å²) >= 11 is 5.60. The van der Waals surface area contributed by atoms with E-state index in [1.54, 1.807) is 6.20 Å². The SMILES string of the molecule is Clc1cnc(COC2CCOC2)cn1. The third kappa shape index (κ3) is 2.64. The van der Waals surface area contributed by atoms with Crippen molar-refractivity contribution in [2.75, 3.05) is 13.2 Å². The number of aromatic nitrogens is 2. The quantitative estimate of drug-likeness (QED) is 0.764. The van der Waals surface area contributed by atoms with Crippen molar-refractivity contribution in [3.05, 3.63) is 23.2 Å². The average Bonchev–Trinajstić information content (AvgIpc) is 2.70. The summed E-state index contributed by atoms with van der Waals surface area (Å²) in [5, 5.41) is 0.401. The van der Waals surface area contributed by atoms with Crippen molar-refractivity contribution in [3.63, 3.8) is 0 Å². The van der Waals surface area contributed by atoms with Gasteiger partial charge in [0.2, 0.25) is 0 Å². The van der Waals surface area contributed by atoms with Gasteiger partial charge in [-0.05, 0) is 6.42 Å². The molecule has 14 heavy (non-hydrogen) atoms. The summed E-state index contributed by atoms with van der Waals surface area (Å²) < 4.78 is 10.7. The zero-order chi connectivity index (χ0) is 9.80. The Morgan fingerprint density at radius 1 is 1.50 bits per heavy atom. The fourth-order valence-electron chi connectivity index (χ4n) is 1.26. The van der Waals surface area contributed by atoms with Crippen LogP contribution in [0.1, 0.15) is 12.1 Å². The highest BCUT2D eigenvalue weighted by Gasteiger charge is 2.15. The maximum Gasteiger partial charge on any atom is 0.147 e. The van der Waals surface area contributed by atoms with Gasteiger partial charge in [0.15, 0.2) is 0 Å². The number of halogens is 1. The van der Waals surface area contributed by atoms with Gasteiger partial charge in [-0.25, -0.2) is 4.98 Å². The van der Waals surface area contributed by atoms with E-state index >= 15 is 0 Å². The first kappa shape index (κ1) is 9.83. The van der Waals surface area contributed by atoms with Crippen molar-refractivity contribution in [2.45, 2.75) is 19.1 Å². The zero-order valence-corrected chi connectivity index (χ0v) is 8.41. The molecule has 0 radical (unpaired) electrons. The van der Waals surface area contributed by atoms with Crippen molar-refractivity contribution in [2.24, 2.45) is 0 Å². The molecular formula is C9H11ClN2O2. The van der Waals surface area contributed by atoms with Crippen LogP contribution in [0.3, 0.4) is 0 Å². The van der Waals surface area contributed by atoms with Crippen LogP contribution in [0.5, 0.6) is 0 Å². The molecule has 2 heterocycles. The number of ether oxygens (including phenoxy) is 2. The molecule has 1 unspecified atom stereocenters. The van der Waals surface area contributed by atoms with Crippen molar-refractivity contribution < 1.29 is 9.47 Å². The maximum atomic E-state index is 5.60. The Balaban J connectivity index is 1.82. The van der Waals surface area contributed by atoms with Crippen LogP contribution in [0.2, 0.25) is 5.15 Å². The van der Waals surface area contributed by atoms with E-state index in [0.29, 0.717) is 18.4 Å². The largest absolute Gasteiger partial charge is 0.379 e. The van der Waals surface area contributed by atoms with Gasteiger partial charge in [-0.15, -0.1) is 0 Å². The molecule has 2 rings (SSSR count). The third-order valence-electron chi connectivity index (χ3n) is 2.03. The number of hydrogen-bond acceptors (Lipinski definition) is 4. The molecule has 0 amide bonds. The highest BCUT2D eigenvalue weighted by molar-refractivity contribution is 6.29. The molecule has 0 N–H and O–H groups in total. The van der Waals surface area contributed by atoms with Gasteiger partial charge in [0, 0.05) is 6.61 Å². The molecule has 0 saturated carbocycles. The molecule has 1 aliphatic rings. The van der Waals surface area contributed by atoms with E-state index in [-0.39, 0.29) is 6.10 Å². The fraction of sp³-hybridized carbons (Fsp3) is 0.556. The lowest BCUT2D eigenvalue weighted by Gasteiger charge is -2.08. The third-order valence-corrected chi connectivity index (χ3v) is 2.22. The Hall–Kier alpha value is -0.710. The maximum absolute atomic E-state index is 5.60. The first-order chi connectivity index (χ1) is 6.84. The van der Waals surface area contributed by atoms with Gasteiger partial charge in [0.25, 0.3) is 0 Å². The normalized spacial score (nSPS) is 21.4. The van der Waals surface area contributed by atoms with E-state index < -0.39 is 0 Å². The van der Waals surface area contributed by atoms with Crippen LogP contribution in [0.25, 0.3) is 0 Å². The summed E-state index contributed by atoms with van der Waals surface area (Å²) in [5.41, 5.74) is 0.793. The van der Waals surface area contributed by atoms with Crippen LogP contribution in [0, 0.1) is 0 Å². The molecule has 1 saturated heterocycles. The van der Waals surface area contributed by atoms with Gasteiger partial charge >= 0.3 is 0 Å². The minimum absolute atomic E-state index is 0.201. The van der Waals surface area contributed by atoms with Gasteiger partial charge in [-0.3, -0.25) is 4.98 Å². The van der Waals surface area contributed by atoms with Gasteiger partial charge in [0.05, 0.1) is 37.4 Å². The monoisotopic (exact) mass is 214 g/mol. The molecule has 0 aliphatic carbocycles. The first-order valence-electron chi connectivity index (χ1n) is 4.50. The lowest BCUT2D eigenvalue weighted by atomic mass is 10.3. The number of rotatable bonds is 3.